The molecule has 5 nitrogen and oxygen atoms in total. The van der Waals surface area contributed by atoms with Crippen LogP contribution in [0.4, 0.5) is 0 Å². The van der Waals surface area contributed by atoms with Crippen molar-refractivity contribution < 1.29 is 4.79 Å². The largest absolute Gasteiger partial charge is 0.271 e. The summed E-state index contributed by atoms with van der Waals surface area (Å²) in [6.45, 7) is 2.10. The van der Waals surface area contributed by atoms with Crippen molar-refractivity contribution in [1.29, 1.82) is 0 Å². The number of carbonyl (C=O) groups is 1. The fourth-order valence-electron chi connectivity index (χ4n) is 5.13. The lowest BCUT2D eigenvalue weighted by molar-refractivity contribution is -0.122. The Bertz CT molecular complexity index is 502. The van der Waals surface area contributed by atoms with E-state index in [2.05, 4.69) is 28.3 Å². The molecule has 134 valence electrons. The lowest BCUT2D eigenvalue weighted by Crippen LogP contribution is -2.42. The third-order valence-corrected chi connectivity index (χ3v) is 6.91. The van der Waals surface area contributed by atoms with E-state index in [0.717, 1.165) is 29.9 Å². The highest BCUT2D eigenvalue weighted by Crippen LogP contribution is 2.43. The van der Waals surface area contributed by atoms with Crippen molar-refractivity contribution in [2.24, 2.45) is 28.8 Å². The van der Waals surface area contributed by atoms with Gasteiger partial charge in [0.1, 0.15) is 6.04 Å². The molecule has 5 unspecified atom stereocenters. The van der Waals surface area contributed by atoms with Crippen LogP contribution < -0.4 is 16.3 Å². The molecule has 1 aliphatic heterocycles. The first-order chi connectivity index (χ1) is 11.7. The Kier molecular flexibility index (Phi) is 4.90. The van der Waals surface area contributed by atoms with E-state index >= 15 is 0 Å². The maximum atomic E-state index is 12.3. The summed E-state index contributed by atoms with van der Waals surface area (Å²) in [6.07, 6.45) is 13.0. The van der Waals surface area contributed by atoms with Gasteiger partial charge in [-0.25, -0.2) is 10.9 Å². The Balaban J connectivity index is 1.26. The van der Waals surface area contributed by atoms with Crippen LogP contribution in [0.1, 0.15) is 71.1 Å². The van der Waals surface area contributed by atoms with E-state index < -0.39 is 0 Å². The van der Waals surface area contributed by atoms with Gasteiger partial charge in [0.15, 0.2) is 0 Å². The molecule has 0 aromatic carbocycles. The van der Waals surface area contributed by atoms with Gasteiger partial charge in [-0.3, -0.25) is 10.2 Å². The molecule has 0 spiro atoms. The zero-order chi connectivity index (χ0) is 16.5. The molecule has 3 saturated carbocycles. The zero-order valence-electron chi connectivity index (χ0n) is 14.9. The summed E-state index contributed by atoms with van der Waals surface area (Å²) < 4.78 is 0. The second kappa shape index (κ2) is 7.12. The first-order valence-electron chi connectivity index (χ1n) is 10.1. The van der Waals surface area contributed by atoms with E-state index in [9.17, 15) is 4.79 Å². The topological polar surface area (TPSA) is 65.5 Å². The van der Waals surface area contributed by atoms with Crippen LogP contribution in [0.25, 0.3) is 0 Å². The maximum Gasteiger partial charge on any atom is 0.258 e. The number of hydrazone groups is 1. The quantitative estimate of drug-likeness (QED) is 0.548. The first kappa shape index (κ1) is 16.5. The number of hydrazine groups is 1. The molecule has 0 aromatic rings. The van der Waals surface area contributed by atoms with E-state index in [4.69, 9.17) is 0 Å². The van der Waals surface area contributed by atoms with Crippen molar-refractivity contribution in [2.75, 3.05) is 0 Å². The first-order valence-corrected chi connectivity index (χ1v) is 10.1. The average molecular weight is 332 g/mol. The number of amides is 1. The lowest BCUT2D eigenvalue weighted by Gasteiger charge is -2.39. The second-order valence-corrected chi connectivity index (χ2v) is 8.56. The van der Waals surface area contributed by atoms with E-state index in [1.807, 2.05) is 0 Å². The molecule has 24 heavy (non-hydrogen) atoms. The Morgan fingerprint density at radius 1 is 0.917 bits per heavy atom. The summed E-state index contributed by atoms with van der Waals surface area (Å²) in [5, 5.41) is 4.46. The molecule has 1 saturated heterocycles. The molecular formula is C19H32N4O. The Hall–Kier alpha value is -0.940. The highest BCUT2D eigenvalue weighted by atomic mass is 16.2. The summed E-state index contributed by atoms with van der Waals surface area (Å²) in [7, 11) is 0. The van der Waals surface area contributed by atoms with Crippen molar-refractivity contribution in [1.82, 2.24) is 16.3 Å². The highest BCUT2D eigenvalue weighted by molar-refractivity contribution is 5.87. The summed E-state index contributed by atoms with van der Waals surface area (Å²) in [5.41, 5.74) is 10.4. The molecule has 4 fully saturated rings. The standard InChI is InChI=1S/C19H32N4O/c1-12(15-9-6-13-4-2-3-5-16(13)10-15)20-23-19(24)18-11-17(21-22-18)14-7-8-14/h13-18,21-22H,2-11H2,1H3,(H,23,24)/b20-12-. The fraction of sp³-hybridized carbons (Fsp3) is 0.895. The molecule has 5 atom stereocenters. The second-order valence-electron chi connectivity index (χ2n) is 8.56. The molecule has 4 aliphatic rings. The van der Waals surface area contributed by atoms with Gasteiger partial charge in [0, 0.05) is 11.8 Å². The van der Waals surface area contributed by atoms with Crippen LogP contribution in [0.15, 0.2) is 5.10 Å². The summed E-state index contributed by atoms with van der Waals surface area (Å²) in [5.74, 6) is 3.21. The van der Waals surface area contributed by atoms with E-state index in [1.54, 1.807) is 0 Å². The summed E-state index contributed by atoms with van der Waals surface area (Å²) >= 11 is 0. The Morgan fingerprint density at radius 3 is 2.46 bits per heavy atom. The number of rotatable bonds is 4. The predicted molar refractivity (Wildman–Crippen MR) is 95.2 cm³/mol. The van der Waals surface area contributed by atoms with Gasteiger partial charge in [0.25, 0.3) is 5.91 Å². The third-order valence-electron chi connectivity index (χ3n) is 6.91. The molecule has 0 aromatic heterocycles. The number of nitrogens with one attached hydrogen (secondary N) is 3. The molecule has 3 N–H and O–H groups in total. The number of hydrogen-bond acceptors (Lipinski definition) is 4. The van der Waals surface area contributed by atoms with E-state index in [1.165, 1.54) is 57.8 Å². The van der Waals surface area contributed by atoms with Gasteiger partial charge in [-0.15, -0.1) is 0 Å². The molecular weight excluding hydrogens is 300 g/mol. The number of carbonyl (C=O) groups excluding carboxylic acids is 1. The lowest BCUT2D eigenvalue weighted by atomic mass is 9.67. The van der Waals surface area contributed by atoms with Gasteiger partial charge in [-0.2, -0.15) is 5.10 Å². The van der Waals surface area contributed by atoms with Crippen molar-refractivity contribution in [3.63, 3.8) is 0 Å². The molecule has 0 bridgehead atoms. The van der Waals surface area contributed by atoms with E-state index in [-0.39, 0.29) is 11.9 Å². The zero-order valence-corrected chi connectivity index (χ0v) is 14.9. The molecule has 3 aliphatic carbocycles. The summed E-state index contributed by atoms with van der Waals surface area (Å²) in [6, 6.07) is 0.327. The number of nitrogens with zero attached hydrogens (tertiary/aromatic N) is 1. The SMILES string of the molecule is C/C(=N/NC(=O)C1CC(C2CC2)NN1)C1CCC2CCCCC2C1. The van der Waals surface area contributed by atoms with Crippen LogP contribution in [-0.4, -0.2) is 23.7 Å². The molecule has 1 heterocycles. The average Bonchev–Trinajstić information content (AvgIpc) is 3.35. The van der Waals surface area contributed by atoms with Crippen molar-refractivity contribution in [3.8, 4) is 0 Å². The Labute approximate surface area is 145 Å². The maximum absolute atomic E-state index is 12.3. The third kappa shape index (κ3) is 3.67. The minimum Gasteiger partial charge on any atom is -0.271 e. The van der Waals surface area contributed by atoms with Gasteiger partial charge >= 0.3 is 0 Å². The molecule has 5 heteroatoms. The highest BCUT2D eigenvalue weighted by Gasteiger charge is 2.39. The fourth-order valence-corrected chi connectivity index (χ4v) is 5.13. The van der Waals surface area contributed by atoms with Gasteiger partial charge in [0.05, 0.1) is 0 Å². The van der Waals surface area contributed by atoms with Gasteiger partial charge < -0.3 is 0 Å². The van der Waals surface area contributed by atoms with Crippen LogP contribution in [0, 0.1) is 23.7 Å². The van der Waals surface area contributed by atoms with Gasteiger partial charge in [-0.1, -0.05) is 25.7 Å². The van der Waals surface area contributed by atoms with Gasteiger partial charge in [-0.05, 0) is 69.1 Å². The van der Waals surface area contributed by atoms with E-state index in [0.29, 0.717) is 12.0 Å². The van der Waals surface area contributed by atoms with Gasteiger partial charge in [0.2, 0.25) is 0 Å². The molecule has 4 rings (SSSR count). The summed E-state index contributed by atoms with van der Waals surface area (Å²) in [4.78, 5) is 12.3. The van der Waals surface area contributed by atoms with Crippen LogP contribution in [0.5, 0.6) is 0 Å². The van der Waals surface area contributed by atoms with Crippen LogP contribution in [0.3, 0.4) is 0 Å². The predicted octanol–water partition coefficient (Wildman–Crippen LogP) is 2.73. The van der Waals surface area contributed by atoms with Crippen LogP contribution in [-0.2, 0) is 4.79 Å². The molecule has 0 radical (unpaired) electrons. The minimum absolute atomic E-state index is 0.0105. The smallest absolute Gasteiger partial charge is 0.258 e. The number of hydrogen-bond donors (Lipinski definition) is 3. The van der Waals surface area contributed by atoms with Crippen molar-refractivity contribution in [3.05, 3.63) is 0 Å². The van der Waals surface area contributed by atoms with Crippen molar-refractivity contribution in [2.45, 2.75) is 83.2 Å². The normalized spacial score (nSPS) is 40.2. The minimum atomic E-state index is -0.138. The van der Waals surface area contributed by atoms with Crippen molar-refractivity contribution >= 4 is 11.6 Å². The number of fused-ring (bicyclic) bond motifs is 1. The Morgan fingerprint density at radius 2 is 1.67 bits per heavy atom. The van der Waals surface area contributed by atoms with Crippen LogP contribution in [0.2, 0.25) is 0 Å². The monoisotopic (exact) mass is 332 g/mol. The van der Waals surface area contributed by atoms with Crippen LogP contribution >= 0.6 is 0 Å². The molecule has 1 amide bonds.